The molecule has 0 saturated carbocycles. The number of rotatable bonds is 3. The minimum atomic E-state index is -0.861. The number of nitrogens with zero attached hydrogens (tertiary/aromatic N) is 3. The Morgan fingerprint density at radius 1 is 1.15 bits per heavy atom. The second-order valence-electron chi connectivity index (χ2n) is 6.74. The number of amides is 1. The van der Waals surface area contributed by atoms with Crippen LogP contribution in [0, 0.1) is 17.6 Å². The van der Waals surface area contributed by atoms with Crippen molar-refractivity contribution in [1.29, 1.82) is 0 Å². The van der Waals surface area contributed by atoms with Crippen molar-refractivity contribution in [2.45, 2.75) is 12.8 Å². The second-order valence-corrected chi connectivity index (χ2v) is 6.74. The summed E-state index contributed by atoms with van der Waals surface area (Å²) in [5, 5.41) is 4.03. The number of halogens is 2. The summed E-state index contributed by atoms with van der Waals surface area (Å²) < 4.78 is 32.4. The molecule has 0 N–H and O–H groups in total. The largest absolute Gasteiger partial charge is 0.339 e. The van der Waals surface area contributed by atoms with Crippen LogP contribution in [0.4, 0.5) is 8.78 Å². The molecule has 4 rings (SSSR count). The molecule has 5 nitrogen and oxygen atoms in total. The van der Waals surface area contributed by atoms with Crippen molar-refractivity contribution in [3.8, 4) is 11.4 Å². The maximum atomic E-state index is 13.9. The lowest BCUT2D eigenvalue weighted by Crippen LogP contribution is -2.29. The number of carbonyl (C=O) groups is 1. The molecule has 0 bridgehead atoms. The van der Waals surface area contributed by atoms with Crippen LogP contribution in [-0.2, 0) is 0 Å². The number of aromatic nitrogens is 2. The van der Waals surface area contributed by atoms with Gasteiger partial charge in [0.05, 0.1) is 11.5 Å². The molecule has 3 aromatic rings. The maximum absolute atomic E-state index is 13.9. The first kappa shape index (κ1) is 17.3. The first-order valence-electron chi connectivity index (χ1n) is 8.66. The van der Waals surface area contributed by atoms with Crippen LogP contribution in [0.2, 0.25) is 0 Å². The van der Waals surface area contributed by atoms with E-state index < -0.39 is 17.5 Å². The Hall–Kier alpha value is -3.09. The van der Waals surface area contributed by atoms with Gasteiger partial charge in [-0.15, -0.1) is 0 Å². The fourth-order valence-electron chi connectivity index (χ4n) is 3.38. The minimum Gasteiger partial charge on any atom is -0.339 e. The summed E-state index contributed by atoms with van der Waals surface area (Å²) in [4.78, 5) is 18.6. The predicted octanol–water partition coefficient (Wildman–Crippen LogP) is 3.89. The monoisotopic (exact) mass is 369 g/mol. The Bertz CT molecular complexity index is 974. The van der Waals surface area contributed by atoms with E-state index in [1.54, 1.807) is 0 Å². The number of likely N-dealkylation sites (tertiary alicyclic amines) is 1. The molecule has 2 heterocycles. The van der Waals surface area contributed by atoms with E-state index >= 15 is 0 Å². The molecule has 0 aliphatic carbocycles. The molecule has 1 fully saturated rings. The van der Waals surface area contributed by atoms with Crippen molar-refractivity contribution in [1.82, 2.24) is 15.0 Å². The Labute approximate surface area is 154 Å². The molecule has 1 aromatic heterocycles. The summed E-state index contributed by atoms with van der Waals surface area (Å²) in [6.45, 7) is 2.75. The van der Waals surface area contributed by atoms with Crippen molar-refractivity contribution < 1.29 is 18.1 Å². The first-order chi connectivity index (χ1) is 13.0. The van der Waals surface area contributed by atoms with Gasteiger partial charge in [-0.1, -0.05) is 42.4 Å². The minimum absolute atomic E-state index is 0.0709. The molecule has 1 saturated heterocycles. The normalized spacial score (nSPS) is 19.4. The zero-order valence-electron chi connectivity index (χ0n) is 14.6. The van der Waals surface area contributed by atoms with Crippen LogP contribution in [0.1, 0.15) is 29.1 Å². The van der Waals surface area contributed by atoms with Crippen LogP contribution in [0.5, 0.6) is 0 Å². The van der Waals surface area contributed by atoms with Crippen molar-refractivity contribution in [3.05, 3.63) is 71.6 Å². The number of hydrogen-bond acceptors (Lipinski definition) is 4. The van der Waals surface area contributed by atoms with Crippen molar-refractivity contribution >= 4 is 5.91 Å². The van der Waals surface area contributed by atoms with Gasteiger partial charge in [0.1, 0.15) is 11.6 Å². The highest BCUT2D eigenvalue weighted by Crippen LogP contribution is 2.33. The molecule has 1 aliphatic heterocycles. The maximum Gasteiger partial charge on any atom is 0.256 e. The van der Waals surface area contributed by atoms with Crippen LogP contribution >= 0.6 is 0 Å². The standard InChI is InChI=1S/C20H17F2N3O2/c1-12-10-25(20(26)15-8-7-14(21)9-17(15)22)11-16(12)19-23-18(24-27-19)13-5-3-2-4-6-13/h2-9,12,16H,10-11H2,1H3/t12-,16-/m0/s1. The highest BCUT2D eigenvalue weighted by Gasteiger charge is 2.37. The van der Waals surface area contributed by atoms with Crippen molar-refractivity contribution in [2.24, 2.45) is 5.92 Å². The summed E-state index contributed by atoms with van der Waals surface area (Å²) in [5.41, 5.74) is 0.708. The summed E-state index contributed by atoms with van der Waals surface area (Å²) in [7, 11) is 0. The molecular weight excluding hydrogens is 352 g/mol. The van der Waals surface area contributed by atoms with Gasteiger partial charge < -0.3 is 9.42 Å². The van der Waals surface area contributed by atoms with Crippen molar-refractivity contribution in [3.63, 3.8) is 0 Å². The van der Waals surface area contributed by atoms with E-state index in [1.165, 1.54) is 11.0 Å². The molecule has 138 valence electrons. The zero-order valence-corrected chi connectivity index (χ0v) is 14.6. The lowest BCUT2D eigenvalue weighted by Gasteiger charge is -2.16. The van der Waals surface area contributed by atoms with Gasteiger partial charge in [-0.2, -0.15) is 4.98 Å². The molecule has 0 radical (unpaired) electrons. The molecule has 2 atom stereocenters. The van der Waals surface area contributed by atoms with E-state index in [-0.39, 0.29) is 17.4 Å². The molecule has 7 heteroatoms. The number of benzene rings is 2. The third-order valence-electron chi connectivity index (χ3n) is 4.85. The summed E-state index contributed by atoms with van der Waals surface area (Å²) in [6.07, 6.45) is 0. The third kappa shape index (κ3) is 3.32. The molecular formula is C20H17F2N3O2. The fourth-order valence-corrected chi connectivity index (χ4v) is 3.38. The van der Waals surface area contributed by atoms with E-state index in [2.05, 4.69) is 10.1 Å². The van der Waals surface area contributed by atoms with E-state index in [0.717, 1.165) is 11.6 Å². The highest BCUT2D eigenvalue weighted by molar-refractivity contribution is 5.94. The molecule has 27 heavy (non-hydrogen) atoms. The predicted molar refractivity (Wildman–Crippen MR) is 93.9 cm³/mol. The van der Waals surface area contributed by atoms with E-state index in [4.69, 9.17) is 4.52 Å². The molecule has 1 amide bonds. The number of hydrogen-bond donors (Lipinski definition) is 0. The smallest absolute Gasteiger partial charge is 0.256 e. The SMILES string of the molecule is C[C@H]1CN(C(=O)c2ccc(F)cc2F)C[C@@H]1c1nc(-c2ccccc2)no1. The van der Waals surface area contributed by atoms with Gasteiger partial charge in [0.2, 0.25) is 11.7 Å². The molecule has 2 aromatic carbocycles. The van der Waals surface area contributed by atoms with Crippen LogP contribution in [0.25, 0.3) is 11.4 Å². The Morgan fingerprint density at radius 3 is 2.67 bits per heavy atom. The van der Waals surface area contributed by atoms with E-state index in [0.29, 0.717) is 30.9 Å². The van der Waals surface area contributed by atoms with Crippen LogP contribution in [-0.4, -0.2) is 34.0 Å². The van der Waals surface area contributed by atoms with Gasteiger partial charge in [0.25, 0.3) is 5.91 Å². The van der Waals surface area contributed by atoms with Gasteiger partial charge in [-0.25, -0.2) is 8.78 Å². The second kappa shape index (κ2) is 6.90. The van der Waals surface area contributed by atoms with Crippen LogP contribution in [0.3, 0.4) is 0 Å². The lowest BCUT2D eigenvalue weighted by atomic mass is 9.98. The fraction of sp³-hybridized carbons (Fsp3) is 0.250. The molecule has 1 aliphatic rings. The zero-order chi connectivity index (χ0) is 19.0. The summed E-state index contributed by atoms with van der Waals surface area (Å²) >= 11 is 0. The number of carbonyl (C=O) groups excluding carboxylic acids is 1. The van der Waals surface area contributed by atoms with Crippen molar-refractivity contribution in [2.75, 3.05) is 13.1 Å². The van der Waals surface area contributed by atoms with E-state index in [9.17, 15) is 13.6 Å². The van der Waals surface area contributed by atoms with Crippen LogP contribution in [0.15, 0.2) is 53.1 Å². The Balaban J connectivity index is 1.53. The molecule has 0 spiro atoms. The average Bonchev–Trinajstić information content (AvgIpc) is 3.29. The lowest BCUT2D eigenvalue weighted by molar-refractivity contribution is 0.0781. The average molecular weight is 369 g/mol. The van der Waals surface area contributed by atoms with Gasteiger partial charge in [0.15, 0.2) is 0 Å². The van der Waals surface area contributed by atoms with Gasteiger partial charge in [-0.3, -0.25) is 4.79 Å². The highest BCUT2D eigenvalue weighted by atomic mass is 19.1. The Morgan fingerprint density at radius 2 is 1.93 bits per heavy atom. The van der Waals surface area contributed by atoms with Gasteiger partial charge in [0, 0.05) is 24.7 Å². The topological polar surface area (TPSA) is 59.2 Å². The third-order valence-corrected chi connectivity index (χ3v) is 4.85. The Kier molecular flexibility index (Phi) is 4.43. The summed E-state index contributed by atoms with van der Waals surface area (Å²) in [5.74, 6) is -1.16. The van der Waals surface area contributed by atoms with E-state index in [1.807, 2.05) is 37.3 Å². The van der Waals surface area contributed by atoms with Gasteiger partial charge >= 0.3 is 0 Å². The van der Waals surface area contributed by atoms with Gasteiger partial charge in [-0.05, 0) is 18.1 Å². The first-order valence-corrected chi connectivity index (χ1v) is 8.66. The van der Waals surface area contributed by atoms with Crippen LogP contribution < -0.4 is 0 Å². The summed E-state index contributed by atoms with van der Waals surface area (Å²) in [6, 6.07) is 12.4. The molecule has 0 unspecified atom stereocenters. The quantitative estimate of drug-likeness (QED) is 0.703.